The number of nitrogen functional groups attached to an aromatic ring is 1. The third-order valence-electron chi connectivity index (χ3n) is 2.46. The second kappa shape index (κ2) is 7.91. The Labute approximate surface area is 124 Å². The van der Waals surface area contributed by atoms with Crippen LogP contribution >= 0.6 is 0 Å². The van der Waals surface area contributed by atoms with E-state index in [0.29, 0.717) is 19.1 Å². The molecule has 0 radical (unpaired) electrons. The highest BCUT2D eigenvalue weighted by molar-refractivity contribution is 5.35. The number of nitrogens with two attached hydrogens (primary N) is 1. The number of likely N-dealkylation sites (N-methyl/N-ethyl adjacent to an activating group) is 1. The molecule has 21 heavy (non-hydrogen) atoms. The maximum absolute atomic E-state index is 10.2. The zero-order valence-electron chi connectivity index (χ0n) is 13.1. The van der Waals surface area contributed by atoms with E-state index in [0.717, 1.165) is 6.42 Å². The number of anilines is 2. The van der Waals surface area contributed by atoms with Gasteiger partial charge in [0.2, 0.25) is 11.9 Å². The fourth-order valence-electron chi connectivity index (χ4n) is 1.76. The molecule has 1 aromatic rings. The third kappa shape index (κ3) is 6.52. The Morgan fingerprint density at radius 1 is 1.29 bits per heavy atom. The van der Waals surface area contributed by atoms with Gasteiger partial charge in [0.1, 0.15) is 0 Å². The number of nitrogens with zero attached hydrogens (tertiary/aromatic N) is 4. The molecule has 1 aromatic heterocycles. The Bertz CT molecular complexity index is 440. The molecule has 0 aromatic carbocycles. The number of nitrogens with one attached hydrogen (secondary N) is 2. The minimum absolute atomic E-state index is 0.189. The van der Waals surface area contributed by atoms with Gasteiger partial charge in [-0.1, -0.05) is 6.92 Å². The standard InChI is InChI=1S/C12H25N7O2/c1-5-6-21-11-16-9(15-10(17-11)18-13)14-7-12(2,20)8-19(3)4/h20H,5-8,13H2,1-4H3,(H2,14,15,16,17,18). The van der Waals surface area contributed by atoms with Gasteiger partial charge in [-0.25, -0.2) is 5.84 Å². The Kier molecular flexibility index (Phi) is 6.53. The van der Waals surface area contributed by atoms with Gasteiger partial charge in [0.05, 0.1) is 12.2 Å². The normalized spacial score (nSPS) is 13.9. The van der Waals surface area contributed by atoms with Crippen molar-refractivity contribution in [2.45, 2.75) is 25.9 Å². The number of aromatic nitrogens is 3. The number of aliphatic hydroxyl groups is 1. The van der Waals surface area contributed by atoms with Crippen LogP contribution in [0.15, 0.2) is 0 Å². The molecule has 0 fully saturated rings. The Morgan fingerprint density at radius 3 is 2.52 bits per heavy atom. The largest absolute Gasteiger partial charge is 0.463 e. The Hall–Kier alpha value is -1.71. The van der Waals surface area contributed by atoms with E-state index < -0.39 is 5.60 Å². The van der Waals surface area contributed by atoms with Crippen LogP contribution < -0.4 is 21.3 Å². The molecule has 5 N–H and O–H groups in total. The van der Waals surface area contributed by atoms with E-state index in [1.54, 1.807) is 6.92 Å². The molecule has 0 spiro atoms. The van der Waals surface area contributed by atoms with Crippen LogP contribution in [0.3, 0.4) is 0 Å². The zero-order valence-corrected chi connectivity index (χ0v) is 13.1. The van der Waals surface area contributed by atoms with Gasteiger partial charge in [0.15, 0.2) is 0 Å². The topological polar surface area (TPSA) is 121 Å². The average Bonchev–Trinajstić information content (AvgIpc) is 2.41. The van der Waals surface area contributed by atoms with Crippen LogP contribution in [0.2, 0.25) is 0 Å². The summed E-state index contributed by atoms with van der Waals surface area (Å²) in [5.74, 6) is 5.82. The second-order valence-corrected chi connectivity index (χ2v) is 5.35. The van der Waals surface area contributed by atoms with Crippen LogP contribution in [0.5, 0.6) is 6.01 Å². The lowest BCUT2D eigenvalue weighted by Crippen LogP contribution is -2.43. The number of ether oxygens (including phenoxy) is 1. The van der Waals surface area contributed by atoms with Crippen molar-refractivity contribution in [1.82, 2.24) is 19.9 Å². The minimum atomic E-state index is -0.920. The summed E-state index contributed by atoms with van der Waals surface area (Å²) in [6.07, 6.45) is 0.845. The first-order chi connectivity index (χ1) is 9.86. The van der Waals surface area contributed by atoms with E-state index in [-0.39, 0.29) is 18.5 Å². The summed E-state index contributed by atoms with van der Waals surface area (Å²) >= 11 is 0. The Balaban J connectivity index is 2.73. The lowest BCUT2D eigenvalue weighted by atomic mass is 10.1. The molecule has 0 saturated heterocycles. The van der Waals surface area contributed by atoms with E-state index in [4.69, 9.17) is 10.6 Å². The summed E-state index contributed by atoms with van der Waals surface area (Å²) in [6.45, 7) is 5.02. The van der Waals surface area contributed by atoms with Crippen molar-refractivity contribution in [2.24, 2.45) is 5.84 Å². The van der Waals surface area contributed by atoms with E-state index in [1.165, 1.54) is 0 Å². The Morgan fingerprint density at radius 2 is 1.95 bits per heavy atom. The van der Waals surface area contributed by atoms with E-state index in [2.05, 4.69) is 25.7 Å². The molecule has 1 atom stereocenters. The fraction of sp³-hybridized carbons (Fsp3) is 0.750. The van der Waals surface area contributed by atoms with Gasteiger partial charge in [0, 0.05) is 13.1 Å². The van der Waals surface area contributed by atoms with Crippen LogP contribution in [-0.2, 0) is 0 Å². The second-order valence-electron chi connectivity index (χ2n) is 5.35. The van der Waals surface area contributed by atoms with Gasteiger partial charge < -0.3 is 20.1 Å². The first-order valence-electron chi connectivity index (χ1n) is 6.83. The molecule has 0 aliphatic heterocycles. The maximum atomic E-state index is 10.2. The molecular formula is C12H25N7O2. The van der Waals surface area contributed by atoms with Crippen molar-refractivity contribution in [2.75, 3.05) is 44.5 Å². The molecule has 1 heterocycles. The third-order valence-corrected chi connectivity index (χ3v) is 2.46. The predicted molar refractivity (Wildman–Crippen MR) is 81.1 cm³/mol. The van der Waals surface area contributed by atoms with Gasteiger partial charge in [-0.3, -0.25) is 5.43 Å². The quantitative estimate of drug-likeness (QED) is 0.358. The van der Waals surface area contributed by atoms with E-state index in [9.17, 15) is 5.11 Å². The van der Waals surface area contributed by atoms with Gasteiger partial charge in [-0.15, -0.1) is 0 Å². The molecular weight excluding hydrogens is 274 g/mol. The van der Waals surface area contributed by atoms with Crippen LogP contribution in [0, 0.1) is 0 Å². The van der Waals surface area contributed by atoms with Crippen LogP contribution in [0.4, 0.5) is 11.9 Å². The van der Waals surface area contributed by atoms with Gasteiger partial charge in [0.25, 0.3) is 0 Å². The van der Waals surface area contributed by atoms with Crippen molar-refractivity contribution in [3.63, 3.8) is 0 Å². The van der Waals surface area contributed by atoms with E-state index in [1.807, 2.05) is 25.9 Å². The van der Waals surface area contributed by atoms with Crippen LogP contribution in [0.25, 0.3) is 0 Å². The molecule has 9 nitrogen and oxygen atoms in total. The highest BCUT2D eigenvalue weighted by Crippen LogP contribution is 2.12. The number of hydrazine groups is 1. The first-order valence-corrected chi connectivity index (χ1v) is 6.83. The molecule has 1 rings (SSSR count). The SMILES string of the molecule is CCCOc1nc(NN)nc(NCC(C)(O)CN(C)C)n1. The van der Waals surface area contributed by atoms with Crippen molar-refractivity contribution in [3.05, 3.63) is 0 Å². The van der Waals surface area contributed by atoms with Gasteiger partial charge >= 0.3 is 6.01 Å². The van der Waals surface area contributed by atoms with Crippen molar-refractivity contribution in [3.8, 4) is 6.01 Å². The average molecular weight is 299 g/mol. The molecule has 0 bridgehead atoms. The molecule has 0 aliphatic carbocycles. The monoisotopic (exact) mass is 299 g/mol. The van der Waals surface area contributed by atoms with Crippen molar-refractivity contribution in [1.29, 1.82) is 0 Å². The van der Waals surface area contributed by atoms with Crippen molar-refractivity contribution < 1.29 is 9.84 Å². The molecule has 9 heteroatoms. The summed E-state index contributed by atoms with van der Waals surface area (Å²) in [5, 5.41) is 13.2. The molecule has 0 amide bonds. The smallest absolute Gasteiger partial charge is 0.323 e. The highest BCUT2D eigenvalue weighted by atomic mass is 16.5. The number of rotatable bonds is 9. The van der Waals surface area contributed by atoms with Crippen molar-refractivity contribution >= 4 is 11.9 Å². The molecule has 0 saturated carbocycles. The van der Waals surface area contributed by atoms with Gasteiger partial charge in [-0.2, -0.15) is 15.0 Å². The summed E-state index contributed by atoms with van der Waals surface area (Å²) in [6, 6.07) is 0.189. The zero-order chi connectivity index (χ0) is 15.9. The summed E-state index contributed by atoms with van der Waals surface area (Å²) in [5.41, 5.74) is 1.44. The fourth-order valence-corrected chi connectivity index (χ4v) is 1.76. The highest BCUT2D eigenvalue weighted by Gasteiger charge is 2.21. The lowest BCUT2D eigenvalue weighted by molar-refractivity contribution is 0.0458. The number of hydrogen-bond donors (Lipinski definition) is 4. The lowest BCUT2D eigenvalue weighted by Gasteiger charge is -2.27. The molecule has 120 valence electrons. The maximum Gasteiger partial charge on any atom is 0.323 e. The summed E-state index contributed by atoms with van der Waals surface area (Å²) in [4.78, 5) is 14.1. The minimum Gasteiger partial charge on any atom is -0.463 e. The predicted octanol–water partition coefficient (Wildman–Crippen LogP) is -0.329. The van der Waals surface area contributed by atoms with Crippen LogP contribution in [0.1, 0.15) is 20.3 Å². The van der Waals surface area contributed by atoms with Crippen LogP contribution in [-0.4, -0.2) is 64.4 Å². The molecule has 0 aliphatic rings. The summed E-state index contributed by atoms with van der Waals surface area (Å²) < 4.78 is 5.37. The summed E-state index contributed by atoms with van der Waals surface area (Å²) in [7, 11) is 3.79. The van der Waals surface area contributed by atoms with E-state index >= 15 is 0 Å². The van der Waals surface area contributed by atoms with Gasteiger partial charge in [-0.05, 0) is 27.4 Å². The first kappa shape index (κ1) is 17.3. The number of hydrogen-bond acceptors (Lipinski definition) is 9. The molecule has 1 unspecified atom stereocenters.